The molecular weight excluding hydrogens is 160 g/mol. The summed E-state index contributed by atoms with van der Waals surface area (Å²) in [5.41, 5.74) is 1.28. The van der Waals surface area contributed by atoms with Crippen LogP contribution in [0.3, 0.4) is 0 Å². The molecule has 68 valence electrons. The molecule has 1 aromatic carbocycles. The quantitative estimate of drug-likeness (QED) is 0.639. The van der Waals surface area contributed by atoms with Crippen LogP contribution >= 0.6 is 0 Å². The minimum Gasteiger partial charge on any atom is -0.373 e. The van der Waals surface area contributed by atoms with Crippen molar-refractivity contribution < 1.29 is 4.74 Å². The van der Waals surface area contributed by atoms with Gasteiger partial charge in [-0.25, -0.2) is 0 Å². The van der Waals surface area contributed by atoms with Gasteiger partial charge in [0, 0.05) is 0 Å². The highest BCUT2D eigenvalue weighted by Crippen LogP contribution is 2.15. The predicted molar refractivity (Wildman–Crippen MR) is 54.5 cm³/mol. The molecule has 1 atom stereocenters. The smallest absolute Gasteiger partial charge is 0.0812 e. The zero-order valence-electron chi connectivity index (χ0n) is 7.65. The molecule has 1 aromatic rings. The molecule has 0 aromatic heterocycles. The molecule has 1 unspecified atom stereocenters. The summed E-state index contributed by atoms with van der Waals surface area (Å²) in [5, 5.41) is 0. The highest BCUT2D eigenvalue weighted by Gasteiger charge is 2.20. The molecule has 0 amide bonds. The van der Waals surface area contributed by atoms with Gasteiger partial charge in [0.05, 0.1) is 12.7 Å². The maximum atomic E-state index is 5.13. The van der Waals surface area contributed by atoms with E-state index in [0.29, 0.717) is 6.10 Å². The molecule has 1 aliphatic rings. The first-order chi connectivity index (χ1) is 6.45. The van der Waals surface area contributed by atoms with E-state index in [1.807, 2.05) is 6.07 Å². The topological polar surface area (TPSA) is 12.5 Å². The number of ether oxygens (including phenoxy) is 1. The number of hydrogen-bond acceptors (Lipinski definition) is 1. The van der Waals surface area contributed by atoms with Crippen LogP contribution in [0.4, 0.5) is 0 Å². The van der Waals surface area contributed by atoms with Gasteiger partial charge in [-0.05, 0) is 18.4 Å². The Morgan fingerprint density at radius 2 is 2.08 bits per heavy atom. The second-order valence-corrected chi connectivity index (χ2v) is 3.35. The van der Waals surface area contributed by atoms with Gasteiger partial charge in [-0.15, -0.1) is 0 Å². The molecule has 0 N–H and O–H groups in total. The lowest BCUT2D eigenvalue weighted by Crippen LogP contribution is -1.81. The van der Waals surface area contributed by atoms with E-state index in [4.69, 9.17) is 4.74 Å². The first kappa shape index (κ1) is 8.52. The van der Waals surface area contributed by atoms with E-state index in [-0.39, 0.29) is 0 Å². The van der Waals surface area contributed by atoms with Gasteiger partial charge in [-0.3, -0.25) is 0 Å². The number of allylic oxidation sites excluding steroid dienone is 1. The van der Waals surface area contributed by atoms with E-state index in [9.17, 15) is 0 Å². The molecule has 1 fully saturated rings. The SMILES string of the molecule is C(=C\c1ccccc1)/CCC1CO1. The average Bonchev–Trinajstić information content (AvgIpc) is 2.98. The Balaban J connectivity index is 1.76. The first-order valence-corrected chi connectivity index (χ1v) is 4.78. The summed E-state index contributed by atoms with van der Waals surface area (Å²) in [6.45, 7) is 0.971. The van der Waals surface area contributed by atoms with E-state index in [2.05, 4.69) is 36.4 Å². The van der Waals surface area contributed by atoms with Gasteiger partial charge in [0.25, 0.3) is 0 Å². The monoisotopic (exact) mass is 174 g/mol. The van der Waals surface area contributed by atoms with Crippen molar-refractivity contribution in [2.24, 2.45) is 0 Å². The number of benzene rings is 1. The first-order valence-electron chi connectivity index (χ1n) is 4.78. The van der Waals surface area contributed by atoms with Crippen molar-refractivity contribution in [2.45, 2.75) is 18.9 Å². The van der Waals surface area contributed by atoms with Crippen LogP contribution in [0, 0.1) is 0 Å². The van der Waals surface area contributed by atoms with Crippen LogP contribution < -0.4 is 0 Å². The molecule has 1 heteroatoms. The highest BCUT2D eigenvalue weighted by atomic mass is 16.6. The molecule has 0 aliphatic carbocycles. The summed E-state index contributed by atoms with van der Waals surface area (Å²) in [6.07, 6.45) is 7.24. The third-order valence-electron chi connectivity index (χ3n) is 2.17. The van der Waals surface area contributed by atoms with Gasteiger partial charge in [0.2, 0.25) is 0 Å². The van der Waals surface area contributed by atoms with E-state index in [1.165, 1.54) is 12.0 Å². The van der Waals surface area contributed by atoms with E-state index in [1.54, 1.807) is 0 Å². The van der Waals surface area contributed by atoms with E-state index < -0.39 is 0 Å². The van der Waals surface area contributed by atoms with Gasteiger partial charge in [0.15, 0.2) is 0 Å². The fourth-order valence-corrected chi connectivity index (χ4v) is 1.30. The minimum absolute atomic E-state index is 0.556. The lowest BCUT2D eigenvalue weighted by atomic mass is 10.2. The lowest BCUT2D eigenvalue weighted by Gasteiger charge is -1.91. The molecule has 0 saturated carbocycles. The van der Waals surface area contributed by atoms with Crippen molar-refractivity contribution in [3.05, 3.63) is 42.0 Å². The van der Waals surface area contributed by atoms with Crippen molar-refractivity contribution >= 4 is 6.08 Å². The van der Waals surface area contributed by atoms with Gasteiger partial charge in [-0.2, -0.15) is 0 Å². The molecule has 13 heavy (non-hydrogen) atoms. The molecule has 1 saturated heterocycles. The third-order valence-corrected chi connectivity index (χ3v) is 2.17. The fourth-order valence-electron chi connectivity index (χ4n) is 1.30. The molecule has 1 aliphatic heterocycles. The summed E-state index contributed by atoms with van der Waals surface area (Å²) < 4.78 is 5.13. The maximum Gasteiger partial charge on any atom is 0.0812 e. The van der Waals surface area contributed by atoms with Crippen LogP contribution in [-0.2, 0) is 4.74 Å². The number of epoxide rings is 1. The van der Waals surface area contributed by atoms with E-state index in [0.717, 1.165) is 13.0 Å². The molecule has 1 nitrogen and oxygen atoms in total. The van der Waals surface area contributed by atoms with Crippen LogP contribution in [0.2, 0.25) is 0 Å². The Bertz CT molecular complexity index is 272. The molecule has 0 bridgehead atoms. The second-order valence-electron chi connectivity index (χ2n) is 3.35. The average molecular weight is 174 g/mol. The van der Waals surface area contributed by atoms with E-state index >= 15 is 0 Å². The molecule has 2 rings (SSSR count). The Kier molecular flexibility index (Phi) is 2.78. The fraction of sp³-hybridized carbons (Fsp3) is 0.333. The van der Waals surface area contributed by atoms with Gasteiger partial charge in [-0.1, -0.05) is 42.5 Å². The van der Waals surface area contributed by atoms with Gasteiger partial charge < -0.3 is 4.74 Å². The Morgan fingerprint density at radius 3 is 2.77 bits per heavy atom. The summed E-state index contributed by atoms with van der Waals surface area (Å²) in [5.74, 6) is 0. The molecule has 1 heterocycles. The summed E-state index contributed by atoms with van der Waals surface area (Å²) in [6, 6.07) is 10.4. The Hall–Kier alpha value is -1.08. The largest absolute Gasteiger partial charge is 0.373 e. The van der Waals surface area contributed by atoms with Crippen LogP contribution in [0.1, 0.15) is 18.4 Å². The molecule has 0 radical (unpaired) electrons. The predicted octanol–water partition coefficient (Wildman–Crippen LogP) is 2.88. The highest BCUT2D eigenvalue weighted by molar-refractivity contribution is 5.48. The van der Waals surface area contributed by atoms with Crippen LogP contribution in [0.25, 0.3) is 6.08 Å². The van der Waals surface area contributed by atoms with Gasteiger partial charge in [0.1, 0.15) is 0 Å². The molecular formula is C12H14O. The van der Waals surface area contributed by atoms with Gasteiger partial charge >= 0.3 is 0 Å². The van der Waals surface area contributed by atoms with Crippen LogP contribution in [0.5, 0.6) is 0 Å². The summed E-state index contributed by atoms with van der Waals surface area (Å²) in [7, 11) is 0. The van der Waals surface area contributed by atoms with Crippen LogP contribution in [0.15, 0.2) is 36.4 Å². The summed E-state index contributed by atoms with van der Waals surface area (Å²) in [4.78, 5) is 0. The van der Waals surface area contributed by atoms with Crippen molar-refractivity contribution in [2.75, 3.05) is 6.61 Å². The zero-order valence-corrected chi connectivity index (χ0v) is 7.65. The zero-order chi connectivity index (χ0) is 8.93. The lowest BCUT2D eigenvalue weighted by molar-refractivity contribution is 0.398. The Morgan fingerprint density at radius 1 is 1.31 bits per heavy atom. The standard InChI is InChI=1S/C12H14O/c1-2-6-11(7-3-1)8-4-5-9-12-10-13-12/h1-4,6-8,12H,5,9-10H2/b8-4+. The Labute approximate surface area is 79.0 Å². The number of rotatable bonds is 4. The van der Waals surface area contributed by atoms with Crippen molar-refractivity contribution in [1.82, 2.24) is 0 Å². The van der Waals surface area contributed by atoms with Crippen molar-refractivity contribution in [3.8, 4) is 0 Å². The second kappa shape index (κ2) is 4.24. The summed E-state index contributed by atoms with van der Waals surface area (Å²) >= 11 is 0. The van der Waals surface area contributed by atoms with Crippen molar-refractivity contribution in [3.63, 3.8) is 0 Å². The third kappa shape index (κ3) is 3.03. The maximum absolute atomic E-state index is 5.13. The normalized spacial score (nSPS) is 20.8. The molecule has 0 spiro atoms. The minimum atomic E-state index is 0.556. The van der Waals surface area contributed by atoms with Crippen LogP contribution in [-0.4, -0.2) is 12.7 Å². The number of hydrogen-bond donors (Lipinski definition) is 0. The van der Waals surface area contributed by atoms with Crippen molar-refractivity contribution in [1.29, 1.82) is 0 Å².